The summed E-state index contributed by atoms with van der Waals surface area (Å²) in [6.07, 6.45) is -3.95. The van der Waals surface area contributed by atoms with Gasteiger partial charge in [0.25, 0.3) is 10.0 Å². The molecule has 232 valence electrons. The number of alkyl halides is 3. The van der Waals surface area contributed by atoms with Crippen LogP contribution in [0, 0.1) is 6.92 Å². The van der Waals surface area contributed by atoms with Crippen molar-refractivity contribution in [2.45, 2.75) is 70.2 Å². The number of aryl methyl sites for hydroxylation is 1. The molecule has 0 aliphatic rings. The van der Waals surface area contributed by atoms with Gasteiger partial charge < -0.3 is 10.2 Å². The van der Waals surface area contributed by atoms with Crippen molar-refractivity contribution in [3.05, 3.63) is 94.5 Å². The first-order valence-corrected chi connectivity index (χ1v) is 15.6. The van der Waals surface area contributed by atoms with Crippen molar-refractivity contribution in [2.24, 2.45) is 0 Å². The second kappa shape index (κ2) is 14.3. The average molecular weight is 638 g/mol. The Labute approximate surface area is 255 Å². The molecule has 0 aromatic heterocycles. The number of carbonyl (C=O) groups is 2. The van der Waals surface area contributed by atoms with Crippen molar-refractivity contribution in [3.63, 3.8) is 0 Å². The molecule has 0 aliphatic heterocycles. The Kier molecular flexibility index (Phi) is 11.3. The number of rotatable bonds is 12. The van der Waals surface area contributed by atoms with Crippen molar-refractivity contribution >= 4 is 39.1 Å². The number of amides is 2. The van der Waals surface area contributed by atoms with Crippen molar-refractivity contribution in [2.75, 3.05) is 10.8 Å². The second-order valence-electron chi connectivity index (χ2n) is 10.2. The summed E-state index contributed by atoms with van der Waals surface area (Å²) in [5.74, 6) is -1.22. The van der Waals surface area contributed by atoms with E-state index in [2.05, 4.69) is 5.32 Å². The van der Waals surface area contributed by atoms with Crippen LogP contribution in [0.1, 0.15) is 50.3 Å². The first kappa shape index (κ1) is 33.9. The molecule has 0 fully saturated rings. The van der Waals surface area contributed by atoms with E-state index >= 15 is 0 Å². The molecule has 3 aromatic rings. The number of hydrogen-bond acceptors (Lipinski definition) is 4. The summed E-state index contributed by atoms with van der Waals surface area (Å²) in [7, 11) is -4.59. The maximum Gasteiger partial charge on any atom is 0.416 e. The number of hydrogen-bond donors (Lipinski definition) is 1. The van der Waals surface area contributed by atoms with Gasteiger partial charge in [-0.2, -0.15) is 13.2 Å². The molecule has 0 saturated heterocycles. The van der Waals surface area contributed by atoms with E-state index in [9.17, 15) is 31.2 Å². The minimum Gasteiger partial charge on any atom is -0.352 e. The molecule has 0 spiro atoms. The van der Waals surface area contributed by atoms with Crippen LogP contribution in [0.2, 0.25) is 5.02 Å². The molecule has 2 atom stereocenters. The van der Waals surface area contributed by atoms with E-state index in [1.165, 1.54) is 29.2 Å². The maximum absolute atomic E-state index is 14.1. The van der Waals surface area contributed by atoms with Gasteiger partial charge in [-0.05, 0) is 62.6 Å². The third-order valence-electron chi connectivity index (χ3n) is 7.01. The van der Waals surface area contributed by atoms with Crippen molar-refractivity contribution in [1.82, 2.24) is 10.2 Å². The molecule has 2 amide bonds. The van der Waals surface area contributed by atoms with Crippen LogP contribution < -0.4 is 9.62 Å². The molecule has 43 heavy (non-hydrogen) atoms. The van der Waals surface area contributed by atoms with Gasteiger partial charge in [0, 0.05) is 12.6 Å². The number of sulfonamides is 1. The van der Waals surface area contributed by atoms with Gasteiger partial charge in [-0.1, -0.05) is 73.5 Å². The largest absolute Gasteiger partial charge is 0.416 e. The highest BCUT2D eigenvalue weighted by atomic mass is 35.5. The standard InChI is InChI=1S/C31H35ClF3N3O4S/c1-5-22(4)36-30(40)27(6-2)37(19-23-14-12-21(3)13-15-23)29(39)20-38(43(41,42)25-10-8-7-9-11-25)28-18-24(31(33,34)35)16-17-26(28)32/h7-18,22,27H,5-6,19-20H2,1-4H3,(H,36,40). The van der Waals surface area contributed by atoms with Crippen molar-refractivity contribution in [3.8, 4) is 0 Å². The van der Waals surface area contributed by atoms with Gasteiger partial charge in [-0.3, -0.25) is 13.9 Å². The summed E-state index contributed by atoms with van der Waals surface area (Å²) < 4.78 is 69.4. The number of benzene rings is 3. The van der Waals surface area contributed by atoms with Gasteiger partial charge in [-0.25, -0.2) is 8.42 Å². The number of halogens is 4. The van der Waals surface area contributed by atoms with Crippen molar-refractivity contribution in [1.29, 1.82) is 0 Å². The smallest absolute Gasteiger partial charge is 0.352 e. The van der Waals surface area contributed by atoms with Crippen LogP contribution in [0.4, 0.5) is 18.9 Å². The first-order valence-electron chi connectivity index (χ1n) is 13.8. The Hall–Kier alpha value is -3.57. The molecule has 0 aliphatic carbocycles. The van der Waals surface area contributed by atoms with E-state index in [0.717, 1.165) is 17.7 Å². The minimum atomic E-state index is -4.80. The van der Waals surface area contributed by atoms with Crippen molar-refractivity contribution < 1.29 is 31.2 Å². The minimum absolute atomic E-state index is 0.0406. The molecule has 0 saturated carbocycles. The zero-order chi connectivity index (χ0) is 31.9. The lowest BCUT2D eigenvalue weighted by Gasteiger charge is -2.34. The molecular formula is C31H35ClF3N3O4S. The topological polar surface area (TPSA) is 86.8 Å². The molecule has 7 nitrogen and oxygen atoms in total. The van der Waals surface area contributed by atoms with Gasteiger partial charge in [0.15, 0.2) is 0 Å². The third kappa shape index (κ3) is 8.51. The second-order valence-corrected chi connectivity index (χ2v) is 12.5. The van der Waals surface area contributed by atoms with Crippen LogP contribution in [0.25, 0.3) is 0 Å². The van der Waals surface area contributed by atoms with E-state index in [1.54, 1.807) is 25.1 Å². The van der Waals surface area contributed by atoms with Crippen LogP contribution >= 0.6 is 11.6 Å². The Morgan fingerprint density at radius 2 is 1.58 bits per heavy atom. The van der Waals surface area contributed by atoms with E-state index in [0.29, 0.717) is 22.4 Å². The zero-order valence-corrected chi connectivity index (χ0v) is 25.9. The average Bonchev–Trinajstić information content (AvgIpc) is 2.96. The Balaban J connectivity index is 2.15. The molecule has 2 unspecified atom stereocenters. The predicted octanol–water partition coefficient (Wildman–Crippen LogP) is 6.58. The SMILES string of the molecule is CCC(C)NC(=O)C(CC)N(Cc1ccc(C)cc1)C(=O)CN(c1cc(C(F)(F)F)ccc1Cl)S(=O)(=O)c1ccccc1. The normalized spacial score (nSPS) is 13.2. The highest BCUT2D eigenvalue weighted by Crippen LogP contribution is 2.37. The monoisotopic (exact) mass is 637 g/mol. The van der Waals surface area contributed by atoms with Crippen LogP contribution in [-0.2, 0) is 32.3 Å². The molecule has 0 radical (unpaired) electrons. The predicted molar refractivity (Wildman–Crippen MR) is 161 cm³/mol. The van der Waals surface area contributed by atoms with Gasteiger partial charge in [0.2, 0.25) is 11.8 Å². The summed E-state index contributed by atoms with van der Waals surface area (Å²) >= 11 is 6.29. The summed E-state index contributed by atoms with van der Waals surface area (Å²) in [6, 6.07) is 15.4. The van der Waals surface area contributed by atoms with E-state index in [-0.39, 0.29) is 28.9 Å². The number of nitrogens with one attached hydrogen (secondary N) is 1. The van der Waals surface area contributed by atoms with E-state index in [1.807, 2.05) is 32.9 Å². The number of anilines is 1. The van der Waals surface area contributed by atoms with Gasteiger partial charge in [-0.15, -0.1) is 0 Å². The maximum atomic E-state index is 14.1. The zero-order valence-electron chi connectivity index (χ0n) is 24.4. The lowest BCUT2D eigenvalue weighted by molar-refractivity contribution is -0.140. The van der Waals surface area contributed by atoms with Crippen LogP contribution in [-0.4, -0.2) is 43.8 Å². The number of nitrogens with zero attached hydrogens (tertiary/aromatic N) is 2. The molecule has 3 rings (SSSR count). The summed E-state index contributed by atoms with van der Waals surface area (Å²) in [5.41, 5.74) is 0.00961. The Morgan fingerprint density at radius 3 is 2.14 bits per heavy atom. The third-order valence-corrected chi connectivity index (χ3v) is 9.11. The Morgan fingerprint density at radius 1 is 0.953 bits per heavy atom. The molecule has 1 N–H and O–H groups in total. The first-order chi connectivity index (χ1) is 20.2. The highest BCUT2D eigenvalue weighted by Gasteiger charge is 2.37. The summed E-state index contributed by atoms with van der Waals surface area (Å²) in [4.78, 5) is 28.5. The fourth-order valence-corrected chi connectivity index (χ4v) is 6.08. The quantitative estimate of drug-likeness (QED) is 0.243. The van der Waals surface area contributed by atoms with Crippen LogP contribution in [0.15, 0.2) is 77.7 Å². The van der Waals surface area contributed by atoms with Gasteiger partial charge in [0.1, 0.15) is 12.6 Å². The van der Waals surface area contributed by atoms with Gasteiger partial charge >= 0.3 is 6.18 Å². The lowest BCUT2D eigenvalue weighted by Crippen LogP contribution is -2.53. The fourth-order valence-electron chi connectivity index (χ4n) is 4.36. The molecular weight excluding hydrogens is 603 g/mol. The van der Waals surface area contributed by atoms with Gasteiger partial charge in [0.05, 0.1) is 21.2 Å². The molecule has 3 aromatic carbocycles. The van der Waals surface area contributed by atoms with E-state index in [4.69, 9.17) is 11.6 Å². The summed E-state index contributed by atoms with van der Waals surface area (Å²) in [5, 5.41) is 2.58. The van der Waals surface area contributed by atoms with E-state index < -0.39 is 51.9 Å². The fraction of sp³-hybridized carbons (Fsp3) is 0.355. The Bertz CT molecular complexity index is 1520. The molecule has 12 heteroatoms. The van der Waals surface area contributed by atoms with Crippen LogP contribution in [0.3, 0.4) is 0 Å². The lowest BCUT2D eigenvalue weighted by atomic mass is 10.1. The molecule has 0 heterocycles. The summed E-state index contributed by atoms with van der Waals surface area (Å²) in [6.45, 7) is 6.38. The number of carbonyl (C=O) groups excluding carboxylic acids is 2. The highest BCUT2D eigenvalue weighted by molar-refractivity contribution is 7.92. The molecule has 0 bridgehead atoms. The van der Waals surface area contributed by atoms with Crippen LogP contribution in [0.5, 0.6) is 0 Å².